The van der Waals surface area contributed by atoms with Crippen molar-refractivity contribution in [3.63, 3.8) is 0 Å². The van der Waals surface area contributed by atoms with Gasteiger partial charge >= 0.3 is 6.18 Å². The number of nitrogens with zero attached hydrogens (tertiary/aromatic N) is 1. The third-order valence-corrected chi connectivity index (χ3v) is 4.09. The molecule has 0 amide bonds. The van der Waals surface area contributed by atoms with Crippen molar-refractivity contribution in [2.24, 2.45) is 0 Å². The fourth-order valence-corrected chi connectivity index (χ4v) is 2.92. The van der Waals surface area contributed by atoms with Gasteiger partial charge in [0.05, 0.1) is 16.9 Å². The summed E-state index contributed by atoms with van der Waals surface area (Å²) in [6.07, 6.45) is -2.58. The minimum absolute atomic E-state index is 0.0260. The molecule has 0 aliphatic heterocycles. The molecule has 0 saturated carbocycles. The van der Waals surface area contributed by atoms with E-state index in [1.807, 2.05) is 5.38 Å². The summed E-state index contributed by atoms with van der Waals surface area (Å²) in [5, 5.41) is 8.50. The number of para-hydroxylation sites is 1. The topological polar surface area (TPSA) is 37.0 Å². The lowest BCUT2D eigenvalue weighted by molar-refractivity contribution is -0.136. The van der Waals surface area contributed by atoms with Crippen LogP contribution in [0.3, 0.4) is 0 Å². The van der Waals surface area contributed by atoms with E-state index in [0.29, 0.717) is 5.13 Å². The van der Waals surface area contributed by atoms with Crippen LogP contribution in [0.1, 0.15) is 31.5 Å². The molecule has 23 heavy (non-hydrogen) atoms. The molecule has 0 saturated heterocycles. The molecule has 3 nitrogen and oxygen atoms in total. The maximum absolute atomic E-state index is 13.0. The molecular weight excluding hydrogens is 323 g/mol. The molecule has 2 aromatic rings. The fourth-order valence-electron chi connectivity index (χ4n) is 2.19. The van der Waals surface area contributed by atoms with Gasteiger partial charge in [-0.05, 0) is 32.0 Å². The Morgan fingerprint density at radius 3 is 2.70 bits per heavy atom. The lowest BCUT2D eigenvalue weighted by Gasteiger charge is -2.13. The lowest BCUT2D eigenvalue weighted by Crippen LogP contribution is -2.28. The van der Waals surface area contributed by atoms with Gasteiger partial charge in [0.1, 0.15) is 0 Å². The van der Waals surface area contributed by atoms with Crippen LogP contribution in [0.5, 0.6) is 0 Å². The minimum Gasteiger partial charge on any atom is -0.331 e. The van der Waals surface area contributed by atoms with Crippen molar-refractivity contribution in [1.82, 2.24) is 10.3 Å². The first-order chi connectivity index (χ1) is 10.9. The second-order valence-corrected chi connectivity index (χ2v) is 6.23. The third-order valence-electron chi connectivity index (χ3n) is 3.28. The van der Waals surface area contributed by atoms with Crippen LogP contribution < -0.4 is 10.6 Å². The van der Waals surface area contributed by atoms with Crippen molar-refractivity contribution >= 4 is 22.2 Å². The van der Waals surface area contributed by atoms with Crippen molar-refractivity contribution in [2.75, 3.05) is 11.9 Å². The van der Waals surface area contributed by atoms with Crippen molar-refractivity contribution in [3.05, 3.63) is 40.9 Å². The third kappa shape index (κ3) is 5.21. The van der Waals surface area contributed by atoms with Gasteiger partial charge in [-0.15, -0.1) is 11.3 Å². The number of benzene rings is 1. The maximum Gasteiger partial charge on any atom is 0.418 e. The van der Waals surface area contributed by atoms with Gasteiger partial charge in [-0.1, -0.05) is 19.1 Å². The summed E-state index contributed by atoms with van der Waals surface area (Å²) < 4.78 is 38.9. The average Bonchev–Trinajstić information content (AvgIpc) is 2.91. The highest BCUT2D eigenvalue weighted by atomic mass is 32.1. The zero-order valence-electron chi connectivity index (χ0n) is 13.1. The molecule has 0 spiro atoms. The van der Waals surface area contributed by atoms with Gasteiger partial charge in [0.2, 0.25) is 0 Å². The second kappa shape index (κ2) is 7.79. The molecule has 0 fully saturated rings. The van der Waals surface area contributed by atoms with E-state index in [1.165, 1.54) is 23.5 Å². The Morgan fingerprint density at radius 1 is 1.26 bits per heavy atom. The molecule has 2 N–H and O–H groups in total. The van der Waals surface area contributed by atoms with Crippen LogP contribution in [0.4, 0.5) is 24.0 Å². The Hall–Kier alpha value is -1.60. The molecule has 2 rings (SSSR count). The molecule has 1 aromatic heterocycles. The average molecular weight is 343 g/mol. The summed E-state index contributed by atoms with van der Waals surface area (Å²) >= 11 is 1.31. The highest BCUT2D eigenvalue weighted by molar-refractivity contribution is 7.13. The van der Waals surface area contributed by atoms with Crippen LogP contribution in [0.15, 0.2) is 29.6 Å². The Morgan fingerprint density at radius 2 is 2.00 bits per heavy atom. The predicted octanol–water partition coefficient (Wildman–Crippen LogP) is 4.84. The number of thiazole rings is 1. The van der Waals surface area contributed by atoms with Crippen LogP contribution in [0.25, 0.3) is 0 Å². The largest absolute Gasteiger partial charge is 0.418 e. The fraction of sp³-hybridized carbons (Fsp3) is 0.438. The van der Waals surface area contributed by atoms with Gasteiger partial charge in [0.15, 0.2) is 5.13 Å². The number of hydrogen-bond acceptors (Lipinski definition) is 4. The number of hydrogen-bond donors (Lipinski definition) is 2. The molecular formula is C16H20F3N3S. The second-order valence-electron chi connectivity index (χ2n) is 5.37. The van der Waals surface area contributed by atoms with E-state index in [-0.39, 0.29) is 11.7 Å². The number of rotatable bonds is 7. The summed E-state index contributed by atoms with van der Waals surface area (Å²) in [6, 6.07) is 5.71. The quantitative estimate of drug-likeness (QED) is 0.755. The van der Waals surface area contributed by atoms with Crippen LogP contribution in [-0.2, 0) is 12.6 Å². The number of anilines is 2. The van der Waals surface area contributed by atoms with Crippen molar-refractivity contribution in [1.29, 1.82) is 0 Å². The monoisotopic (exact) mass is 343 g/mol. The van der Waals surface area contributed by atoms with Crippen molar-refractivity contribution in [3.8, 4) is 0 Å². The Balaban J connectivity index is 2.05. The zero-order valence-corrected chi connectivity index (χ0v) is 13.9. The van der Waals surface area contributed by atoms with Crippen LogP contribution in [0.2, 0.25) is 0 Å². The van der Waals surface area contributed by atoms with E-state index in [1.54, 1.807) is 6.07 Å². The van der Waals surface area contributed by atoms with E-state index in [2.05, 4.69) is 29.5 Å². The highest BCUT2D eigenvalue weighted by Crippen LogP contribution is 2.36. The molecule has 126 valence electrons. The van der Waals surface area contributed by atoms with E-state index in [9.17, 15) is 13.2 Å². The summed E-state index contributed by atoms with van der Waals surface area (Å²) in [5.41, 5.74) is 0.214. The van der Waals surface area contributed by atoms with Gasteiger partial charge in [0.25, 0.3) is 0 Å². The minimum atomic E-state index is -4.39. The molecule has 7 heteroatoms. The molecule has 1 unspecified atom stereocenters. The first kappa shape index (κ1) is 17.7. The summed E-state index contributed by atoms with van der Waals surface area (Å²) in [4.78, 5) is 4.38. The van der Waals surface area contributed by atoms with Gasteiger partial charge < -0.3 is 10.6 Å². The summed E-state index contributed by atoms with van der Waals surface area (Å²) in [6.45, 7) is 5.11. The zero-order chi connectivity index (χ0) is 16.9. The van der Waals surface area contributed by atoms with Crippen LogP contribution in [0, 0.1) is 0 Å². The van der Waals surface area contributed by atoms with E-state index in [0.717, 1.165) is 31.1 Å². The SMILES string of the molecule is CCCNC(C)Cc1csc(Nc2ccccc2C(F)(F)F)n1. The van der Waals surface area contributed by atoms with Crippen LogP contribution >= 0.6 is 11.3 Å². The molecule has 1 aromatic carbocycles. The lowest BCUT2D eigenvalue weighted by atomic mass is 10.1. The molecule has 0 radical (unpaired) electrons. The maximum atomic E-state index is 13.0. The Labute approximate surface area is 137 Å². The molecule has 0 aliphatic carbocycles. The van der Waals surface area contributed by atoms with E-state index >= 15 is 0 Å². The first-order valence-corrected chi connectivity index (χ1v) is 8.39. The standard InChI is InChI=1S/C16H20F3N3S/c1-3-8-20-11(2)9-12-10-23-15(21-12)22-14-7-5-4-6-13(14)16(17,18)19/h4-7,10-11,20H,3,8-9H2,1-2H3,(H,21,22). The molecule has 0 bridgehead atoms. The van der Waals surface area contributed by atoms with Crippen molar-refractivity contribution < 1.29 is 13.2 Å². The number of nitrogens with one attached hydrogen (secondary N) is 2. The molecule has 1 atom stereocenters. The van der Waals surface area contributed by atoms with E-state index in [4.69, 9.17) is 0 Å². The smallest absolute Gasteiger partial charge is 0.331 e. The summed E-state index contributed by atoms with van der Waals surface area (Å²) in [5.74, 6) is 0. The van der Waals surface area contributed by atoms with Crippen molar-refractivity contribution in [2.45, 2.75) is 38.9 Å². The predicted molar refractivity (Wildman–Crippen MR) is 88.3 cm³/mol. The number of alkyl halides is 3. The first-order valence-electron chi connectivity index (χ1n) is 7.51. The normalized spacial score (nSPS) is 13.1. The highest BCUT2D eigenvalue weighted by Gasteiger charge is 2.33. The summed E-state index contributed by atoms with van der Waals surface area (Å²) in [7, 11) is 0. The molecule has 1 heterocycles. The van der Waals surface area contributed by atoms with Gasteiger partial charge in [0, 0.05) is 17.8 Å². The molecule has 0 aliphatic rings. The number of halogens is 3. The van der Waals surface area contributed by atoms with Crippen LogP contribution in [-0.4, -0.2) is 17.6 Å². The Kier molecular flexibility index (Phi) is 6.01. The number of aromatic nitrogens is 1. The van der Waals surface area contributed by atoms with Gasteiger partial charge in [-0.3, -0.25) is 0 Å². The Bertz CT molecular complexity index is 625. The van der Waals surface area contributed by atoms with Gasteiger partial charge in [-0.25, -0.2) is 4.98 Å². The van der Waals surface area contributed by atoms with E-state index < -0.39 is 11.7 Å². The van der Waals surface area contributed by atoms with Gasteiger partial charge in [-0.2, -0.15) is 13.2 Å².